The third kappa shape index (κ3) is 3.83. The molecular formula is C23H28N2O5S. The molecule has 31 heavy (non-hydrogen) atoms. The molecule has 2 aliphatic rings. The zero-order valence-electron chi connectivity index (χ0n) is 17.8. The Morgan fingerprint density at radius 3 is 2.58 bits per heavy atom. The summed E-state index contributed by atoms with van der Waals surface area (Å²) in [7, 11) is -2.13. The number of ether oxygens (including phenoxy) is 1. The molecule has 2 aromatic rings. The number of fused-ring (bicyclic) bond motifs is 3. The fourth-order valence-corrected chi connectivity index (χ4v) is 6.93. The first kappa shape index (κ1) is 21.8. The summed E-state index contributed by atoms with van der Waals surface area (Å²) in [6, 6.07) is 11.0. The molecule has 0 radical (unpaired) electrons. The summed E-state index contributed by atoms with van der Waals surface area (Å²) in [6.45, 7) is 2.19. The van der Waals surface area contributed by atoms with Crippen LogP contribution in [0.3, 0.4) is 0 Å². The summed E-state index contributed by atoms with van der Waals surface area (Å²) in [5.41, 5.74) is 2.25. The predicted octanol–water partition coefficient (Wildman–Crippen LogP) is 4.34. The van der Waals surface area contributed by atoms with Gasteiger partial charge in [-0.2, -0.15) is 0 Å². The fourth-order valence-electron chi connectivity index (χ4n) is 5.66. The van der Waals surface area contributed by atoms with Gasteiger partial charge in [-0.25, -0.2) is 13.1 Å². The van der Waals surface area contributed by atoms with Crippen LogP contribution in [0.2, 0.25) is 0 Å². The van der Waals surface area contributed by atoms with Gasteiger partial charge in [-0.05, 0) is 72.4 Å². The van der Waals surface area contributed by atoms with Crippen molar-refractivity contribution >= 4 is 15.7 Å². The van der Waals surface area contributed by atoms with Crippen molar-refractivity contribution in [3.63, 3.8) is 0 Å². The van der Waals surface area contributed by atoms with Crippen molar-refractivity contribution in [3.05, 3.63) is 63.7 Å². The van der Waals surface area contributed by atoms with Crippen LogP contribution in [0, 0.1) is 16.0 Å². The molecule has 0 heterocycles. The van der Waals surface area contributed by atoms with Crippen molar-refractivity contribution in [2.45, 2.75) is 61.8 Å². The number of hydrogen-bond acceptors (Lipinski definition) is 5. The maximum atomic E-state index is 13.2. The number of non-ortho nitro benzene ring substituents is 1. The van der Waals surface area contributed by atoms with E-state index in [1.165, 1.54) is 29.8 Å². The highest BCUT2D eigenvalue weighted by molar-refractivity contribution is 7.89. The minimum atomic E-state index is -3.80. The number of benzene rings is 2. The van der Waals surface area contributed by atoms with Crippen molar-refractivity contribution in [1.29, 1.82) is 0 Å². The molecule has 3 atom stereocenters. The Kier molecular flexibility index (Phi) is 5.79. The van der Waals surface area contributed by atoms with Crippen LogP contribution in [0.25, 0.3) is 0 Å². The number of hydrogen-bond donors (Lipinski definition) is 1. The van der Waals surface area contributed by atoms with Gasteiger partial charge in [0, 0.05) is 18.2 Å². The molecule has 0 bridgehead atoms. The average molecular weight is 445 g/mol. The maximum absolute atomic E-state index is 13.2. The van der Waals surface area contributed by atoms with Gasteiger partial charge in [-0.15, -0.1) is 0 Å². The van der Waals surface area contributed by atoms with Crippen LogP contribution in [-0.2, 0) is 21.9 Å². The molecule has 0 spiro atoms. The van der Waals surface area contributed by atoms with E-state index in [1.807, 2.05) is 6.07 Å². The van der Waals surface area contributed by atoms with Crippen molar-refractivity contribution in [1.82, 2.24) is 4.72 Å². The van der Waals surface area contributed by atoms with E-state index < -0.39 is 14.9 Å². The van der Waals surface area contributed by atoms with E-state index in [9.17, 15) is 18.5 Å². The lowest BCUT2D eigenvalue weighted by molar-refractivity contribution is -0.384. The van der Waals surface area contributed by atoms with E-state index in [2.05, 4.69) is 23.8 Å². The summed E-state index contributed by atoms with van der Waals surface area (Å²) in [5.74, 6) is 1.03. The third-order valence-electron chi connectivity index (χ3n) is 7.17. The first-order chi connectivity index (χ1) is 14.8. The number of sulfonamides is 1. The van der Waals surface area contributed by atoms with E-state index in [0.717, 1.165) is 43.4 Å². The molecule has 0 amide bonds. The van der Waals surface area contributed by atoms with Crippen LogP contribution < -0.4 is 9.46 Å². The summed E-state index contributed by atoms with van der Waals surface area (Å²) < 4.78 is 34.8. The van der Waals surface area contributed by atoms with Crippen molar-refractivity contribution in [2.75, 3.05) is 7.11 Å². The van der Waals surface area contributed by atoms with E-state index >= 15 is 0 Å². The second-order valence-electron chi connectivity index (χ2n) is 8.57. The van der Waals surface area contributed by atoms with E-state index in [4.69, 9.17) is 4.74 Å². The smallest absolute Gasteiger partial charge is 0.269 e. The van der Waals surface area contributed by atoms with Crippen molar-refractivity contribution in [2.24, 2.45) is 5.92 Å². The Morgan fingerprint density at radius 1 is 1.19 bits per heavy atom. The molecule has 1 N–H and O–H groups in total. The molecule has 0 aliphatic heterocycles. The maximum Gasteiger partial charge on any atom is 0.269 e. The second kappa shape index (κ2) is 8.24. The van der Waals surface area contributed by atoms with Gasteiger partial charge >= 0.3 is 0 Å². The summed E-state index contributed by atoms with van der Waals surface area (Å²) >= 11 is 0. The monoisotopic (exact) mass is 444 g/mol. The number of methoxy groups -OCH3 is 1. The molecule has 166 valence electrons. The van der Waals surface area contributed by atoms with Crippen molar-refractivity contribution < 1.29 is 18.1 Å². The lowest BCUT2D eigenvalue weighted by Gasteiger charge is -2.52. The SMILES string of the molecule is CC[C@@]12CCCC[C@@H]1[C@@H](NS(=O)(=O)c1ccc([N+](=O)[O-])cc1)Cc1ccc(OC)cc12. The van der Waals surface area contributed by atoms with Crippen molar-refractivity contribution in [3.8, 4) is 5.75 Å². The molecular weight excluding hydrogens is 416 g/mol. The quantitative estimate of drug-likeness (QED) is 0.528. The van der Waals surface area contributed by atoms with Gasteiger partial charge in [0.25, 0.3) is 5.69 Å². The highest BCUT2D eigenvalue weighted by Gasteiger charge is 2.49. The highest BCUT2D eigenvalue weighted by atomic mass is 32.2. The van der Waals surface area contributed by atoms with E-state index in [-0.39, 0.29) is 28.0 Å². The summed E-state index contributed by atoms with van der Waals surface area (Å²) in [6.07, 6.45) is 5.78. The zero-order valence-corrected chi connectivity index (χ0v) is 18.7. The van der Waals surface area contributed by atoms with Crippen LogP contribution in [0.5, 0.6) is 5.75 Å². The van der Waals surface area contributed by atoms with Gasteiger partial charge in [-0.1, -0.05) is 25.8 Å². The molecule has 0 unspecified atom stereocenters. The Labute approximate surface area is 183 Å². The lowest BCUT2D eigenvalue weighted by Crippen LogP contribution is -2.55. The predicted molar refractivity (Wildman–Crippen MR) is 118 cm³/mol. The largest absolute Gasteiger partial charge is 0.497 e. The Balaban J connectivity index is 1.70. The van der Waals surface area contributed by atoms with Gasteiger partial charge in [0.1, 0.15) is 5.75 Å². The van der Waals surface area contributed by atoms with Crippen LogP contribution in [-0.4, -0.2) is 26.5 Å². The van der Waals surface area contributed by atoms with Gasteiger partial charge in [0.05, 0.1) is 16.9 Å². The number of nitrogens with zero attached hydrogens (tertiary/aromatic N) is 1. The van der Waals surface area contributed by atoms with Gasteiger partial charge in [0.15, 0.2) is 0 Å². The van der Waals surface area contributed by atoms with Crippen LogP contribution in [0.15, 0.2) is 47.4 Å². The first-order valence-electron chi connectivity index (χ1n) is 10.7. The molecule has 8 heteroatoms. The molecule has 7 nitrogen and oxygen atoms in total. The minimum Gasteiger partial charge on any atom is -0.497 e. The average Bonchev–Trinajstić information content (AvgIpc) is 2.78. The van der Waals surface area contributed by atoms with Crippen LogP contribution in [0.1, 0.15) is 50.2 Å². The third-order valence-corrected chi connectivity index (χ3v) is 8.68. The number of rotatable bonds is 6. The minimum absolute atomic E-state index is 0.0523. The van der Waals surface area contributed by atoms with E-state index in [1.54, 1.807) is 7.11 Å². The Bertz CT molecular complexity index is 1080. The normalized spacial score (nSPS) is 25.4. The van der Waals surface area contributed by atoms with Gasteiger partial charge in [-0.3, -0.25) is 10.1 Å². The molecule has 2 aromatic carbocycles. The number of nitro groups is 1. The number of nitro benzene ring substituents is 1. The fraction of sp³-hybridized carbons (Fsp3) is 0.478. The second-order valence-corrected chi connectivity index (χ2v) is 10.3. The van der Waals surface area contributed by atoms with Crippen LogP contribution in [0.4, 0.5) is 5.69 Å². The van der Waals surface area contributed by atoms with Gasteiger partial charge in [0.2, 0.25) is 10.0 Å². The summed E-state index contributed by atoms with van der Waals surface area (Å²) in [5, 5.41) is 10.9. The standard InChI is InChI=1S/C23H28N2O5S/c1-3-23-13-5-4-6-20(23)22(14-16-7-10-18(30-2)15-21(16)23)24-31(28,29)19-11-8-17(9-12-19)25(26)27/h7-12,15,20,22,24H,3-6,13-14H2,1-2H3/t20-,22+,23-/m1/s1. The highest BCUT2D eigenvalue weighted by Crippen LogP contribution is 2.53. The van der Waals surface area contributed by atoms with E-state index in [0.29, 0.717) is 6.42 Å². The zero-order chi connectivity index (χ0) is 22.2. The van der Waals surface area contributed by atoms with Crippen LogP contribution >= 0.6 is 0 Å². The lowest BCUT2D eigenvalue weighted by atomic mass is 9.54. The number of nitrogens with one attached hydrogen (secondary N) is 1. The molecule has 1 saturated carbocycles. The Morgan fingerprint density at radius 2 is 1.94 bits per heavy atom. The molecule has 0 aromatic heterocycles. The van der Waals surface area contributed by atoms with Gasteiger partial charge < -0.3 is 4.74 Å². The first-order valence-corrected chi connectivity index (χ1v) is 12.2. The molecule has 4 rings (SSSR count). The molecule has 2 aliphatic carbocycles. The topological polar surface area (TPSA) is 98.5 Å². The molecule has 0 saturated heterocycles. The molecule has 1 fully saturated rings. The Hall–Kier alpha value is -2.45. The summed E-state index contributed by atoms with van der Waals surface area (Å²) in [4.78, 5) is 10.4.